The van der Waals surface area contributed by atoms with Crippen LogP contribution in [0.2, 0.25) is 0 Å². The fourth-order valence-electron chi connectivity index (χ4n) is 3.78. The zero-order valence-electron chi connectivity index (χ0n) is 17.7. The highest BCUT2D eigenvalue weighted by atomic mass is 16.2. The highest BCUT2D eigenvalue weighted by Crippen LogP contribution is 2.36. The molecule has 1 aliphatic heterocycles. The van der Waals surface area contributed by atoms with Crippen LogP contribution >= 0.6 is 0 Å². The second-order valence-corrected chi connectivity index (χ2v) is 8.79. The van der Waals surface area contributed by atoms with Crippen LogP contribution in [0, 0.1) is 16.7 Å². The van der Waals surface area contributed by atoms with E-state index in [2.05, 4.69) is 16.5 Å². The highest BCUT2D eigenvalue weighted by molar-refractivity contribution is 5.98. The molecule has 1 fully saturated rings. The molecule has 0 aliphatic carbocycles. The van der Waals surface area contributed by atoms with Gasteiger partial charge in [-0.25, -0.2) is 0 Å². The smallest absolute Gasteiger partial charge is 0.254 e. The molecule has 158 valence electrons. The van der Waals surface area contributed by atoms with Gasteiger partial charge in [0.1, 0.15) is 5.56 Å². The number of nitrogens with one attached hydrogen (secondary N) is 1. The van der Waals surface area contributed by atoms with Gasteiger partial charge < -0.3 is 16.0 Å². The van der Waals surface area contributed by atoms with E-state index in [0.29, 0.717) is 31.7 Å². The second-order valence-electron chi connectivity index (χ2n) is 8.79. The number of hydrogen-bond acceptors (Lipinski definition) is 5. The number of carbonyl (C=O) groups is 2. The van der Waals surface area contributed by atoms with Crippen LogP contribution in [0.5, 0.6) is 0 Å². The van der Waals surface area contributed by atoms with Gasteiger partial charge in [-0.3, -0.25) is 14.3 Å². The molecule has 0 radical (unpaired) electrons. The maximum atomic E-state index is 12.6. The molecule has 8 nitrogen and oxygen atoms in total. The Hall–Kier alpha value is -3.34. The molecule has 1 aromatic heterocycles. The summed E-state index contributed by atoms with van der Waals surface area (Å²) < 4.78 is 1.69. The molecule has 0 atom stereocenters. The molecule has 0 unspecified atom stereocenters. The van der Waals surface area contributed by atoms with Crippen LogP contribution in [0.4, 0.5) is 11.5 Å². The number of hydrogen-bond donors (Lipinski definition) is 2. The van der Waals surface area contributed by atoms with Gasteiger partial charge in [0.15, 0.2) is 5.82 Å². The van der Waals surface area contributed by atoms with Crippen LogP contribution < -0.4 is 11.1 Å². The van der Waals surface area contributed by atoms with Gasteiger partial charge in [0, 0.05) is 30.4 Å². The number of rotatable bonds is 5. The molecule has 0 saturated carbocycles. The Labute approximate surface area is 176 Å². The van der Waals surface area contributed by atoms with E-state index in [-0.39, 0.29) is 17.9 Å². The number of anilines is 2. The van der Waals surface area contributed by atoms with E-state index in [0.717, 1.165) is 5.69 Å². The van der Waals surface area contributed by atoms with E-state index in [4.69, 9.17) is 5.73 Å². The van der Waals surface area contributed by atoms with Crippen LogP contribution in [0.3, 0.4) is 0 Å². The fourth-order valence-corrected chi connectivity index (χ4v) is 3.78. The Morgan fingerprint density at radius 1 is 1.23 bits per heavy atom. The minimum Gasteiger partial charge on any atom is -0.365 e. The standard InChI is InChI=1S/C22H28N6O2/c1-21(2,3)20(30)27-13-10-22(9-12-23,11-14-27)28-15-17(18(24)29)19(26-28)25-16-7-5-4-6-8-16/h4-8,15H,9-11,13-14H2,1-3H3,(H2,24,29)(H,25,26). The number of likely N-dealkylation sites (tertiary alicyclic amines) is 1. The minimum absolute atomic E-state index is 0.0952. The van der Waals surface area contributed by atoms with Crippen LogP contribution in [-0.4, -0.2) is 39.6 Å². The first-order valence-corrected chi connectivity index (χ1v) is 10.0. The van der Waals surface area contributed by atoms with Crippen molar-refractivity contribution in [2.24, 2.45) is 11.1 Å². The summed E-state index contributed by atoms with van der Waals surface area (Å²) in [6.45, 7) is 6.78. The van der Waals surface area contributed by atoms with Gasteiger partial charge in [0.25, 0.3) is 5.91 Å². The van der Waals surface area contributed by atoms with Gasteiger partial charge in [-0.05, 0) is 25.0 Å². The van der Waals surface area contributed by atoms with E-state index >= 15 is 0 Å². The molecular formula is C22H28N6O2. The van der Waals surface area contributed by atoms with Crippen molar-refractivity contribution in [3.05, 3.63) is 42.1 Å². The molecule has 2 amide bonds. The molecule has 1 aromatic carbocycles. The summed E-state index contributed by atoms with van der Waals surface area (Å²) in [6, 6.07) is 11.6. The van der Waals surface area contributed by atoms with Crippen LogP contribution in [0.15, 0.2) is 36.5 Å². The van der Waals surface area contributed by atoms with E-state index < -0.39 is 16.9 Å². The third kappa shape index (κ3) is 4.30. The summed E-state index contributed by atoms with van der Waals surface area (Å²) in [4.78, 5) is 26.5. The van der Waals surface area contributed by atoms with Crippen molar-refractivity contribution in [2.45, 2.75) is 45.6 Å². The first-order chi connectivity index (χ1) is 14.2. The normalized spacial score (nSPS) is 16.0. The average Bonchev–Trinajstić information content (AvgIpc) is 3.13. The van der Waals surface area contributed by atoms with Gasteiger partial charge in [-0.2, -0.15) is 10.4 Å². The van der Waals surface area contributed by atoms with Crippen molar-refractivity contribution >= 4 is 23.3 Å². The minimum atomic E-state index is -0.593. The lowest BCUT2D eigenvalue weighted by Gasteiger charge is -2.42. The van der Waals surface area contributed by atoms with Crippen molar-refractivity contribution in [3.63, 3.8) is 0 Å². The second kappa shape index (κ2) is 8.19. The number of nitriles is 1. The molecule has 0 spiro atoms. The highest BCUT2D eigenvalue weighted by Gasteiger charge is 2.40. The summed E-state index contributed by atoms with van der Waals surface area (Å²) in [5.41, 5.74) is 5.59. The third-order valence-corrected chi connectivity index (χ3v) is 5.53. The van der Waals surface area contributed by atoms with Crippen molar-refractivity contribution in [2.75, 3.05) is 18.4 Å². The first-order valence-electron chi connectivity index (χ1n) is 10.0. The van der Waals surface area contributed by atoms with Gasteiger partial charge in [-0.1, -0.05) is 39.0 Å². The molecule has 1 aliphatic rings. The Morgan fingerprint density at radius 3 is 2.40 bits per heavy atom. The molecule has 3 N–H and O–H groups in total. The first kappa shape index (κ1) is 21.4. The van der Waals surface area contributed by atoms with Crippen LogP contribution in [0.25, 0.3) is 0 Å². The van der Waals surface area contributed by atoms with Crippen molar-refractivity contribution in [1.82, 2.24) is 14.7 Å². The Bertz CT molecular complexity index is 960. The van der Waals surface area contributed by atoms with Gasteiger partial charge in [0.2, 0.25) is 5.91 Å². The number of aromatic nitrogens is 2. The fraction of sp³-hybridized carbons (Fsp3) is 0.455. The molecule has 30 heavy (non-hydrogen) atoms. The zero-order valence-corrected chi connectivity index (χ0v) is 17.7. The Balaban J connectivity index is 1.90. The average molecular weight is 409 g/mol. The lowest BCUT2D eigenvalue weighted by atomic mass is 9.83. The molecule has 2 heterocycles. The maximum Gasteiger partial charge on any atom is 0.254 e. The third-order valence-electron chi connectivity index (χ3n) is 5.53. The quantitative estimate of drug-likeness (QED) is 0.789. The number of nitrogens with two attached hydrogens (primary N) is 1. The monoisotopic (exact) mass is 408 g/mol. The van der Waals surface area contributed by atoms with Gasteiger partial charge in [-0.15, -0.1) is 0 Å². The summed E-state index contributed by atoms with van der Waals surface area (Å²) in [5, 5.41) is 17.2. The molecule has 1 saturated heterocycles. The molecule has 3 rings (SSSR count). The summed E-state index contributed by atoms with van der Waals surface area (Å²) in [5.74, 6) is -0.135. The lowest BCUT2D eigenvalue weighted by Crippen LogP contribution is -2.50. The Morgan fingerprint density at radius 2 is 1.87 bits per heavy atom. The van der Waals surface area contributed by atoms with E-state index in [9.17, 15) is 14.9 Å². The molecule has 0 bridgehead atoms. The number of para-hydroxylation sites is 1. The number of carbonyl (C=O) groups excluding carboxylic acids is 2. The summed E-state index contributed by atoms with van der Waals surface area (Å²) in [6.07, 6.45) is 3.00. The van der Waals surface area contributed by atoms with Crippen molar-refractivity contribution < 1.29 is 9.59 Å². The number of amides is 2. The Kier molecular flexibility index (Phi) is 5.83. The number of piperidine rings is 1. The number of primary amides is 1. The summed E-state index contributed by atoms with van der Waals surface area (Å²) >= 11 is 0. The maximum absolute atomic E-state index is 12.6. The SMILES string of the molecule is CC(C)(C)C(=O)N1CCC(CC#N)(n2cc(C(N)=O)c(Nc3ccccc3)n2)CC1. The predicted molar refractivity (Wildman–Crippen MR) is 114 cm³/mol. The van der Waals surface area contributed by atoms with Crippen LogP contribution in [-0.2, 0) is 10.3 Å². The predicted octanol–water partition coefficient (Wildman–Crippen LogP) is 3.00. The molecule has 8 heteroatoms. The molecule has 2 aromatic rings. The van der Waals surface area contributed by atoms with E-state index in [1.807, 2.05) is 56.0 Å². The van der Waals surface area contributed by atoms with Crippen molar-refractivity contribution in [1.29, 1.82) is 5.26 Å². The van der Waals surface area contributed by atoms with Crippen molar-refractivity contribution in [3.8, 4) is 6.07 Å². The largest absolute Gasteiger partial charge is 0.365 e. The lowest BCUT2D eigenvalue weighted by molar-refractivity contribution is -0.141. The van der Waals surface area contributed by atoms with Gasteiger partial charge in [0.05, 0.1) is 18.0 Å². The topological polar surface area (TPSA) is 117 Å². The van der Waals surface area contributed by atoms with E-state index in [1.54, 1.807) is 10.9 Å². The zero-order chi connectivity index (χ0) is 21.9. The van der Waals surface area contributed by atoms with E-state index in [1.165, 1.54) is 0 Å². The number of benzene rings is 1. The summed E-state index contributed by atoms with van der Waals surface area (Å²) in [7, 11) is 0. The van der Waals surface area contributed by atoms with Gasteiger partial charge >= 0.3 is 0 Å². The van der Waals surface area contributed by atoms with Crippen LogP contribution in [0.1, 0.15) is 50.4 Å². The molecular weight excluding hydrogens is 380 g/mol. The number of nitrogens with zero attached hydrogens (tertiary/aromatic N) is 4.